The first kappa shape index (κ1) is 23.5. The summed E-state index contributed by atoms with van der Waals surface area (Å²) in [4.78, 5) is 32.8. The average Bonchev–Trinajstić information content (AvgIpc) is 3.51. The summed E-state index contributed by atoms with van der Waals surface area (Å²) in [5.74, 6) is 1.64. The molecule has 0 radical (unpaired) electrons. The van der Waals surface area contributed by atoms with Gasteiger partial charge in [0.25, 0.3) is 11.8 Å². The maximum atomic E-state index is 13.1. The number of fused-ring (bicyclic) bond motifs is 3. The number of pyridine rings is 1. The number of hydrogen-bond acceptors (Lipinski definition) is 5. The van der Waals surface area contributed by atoms with E-state index in [1.54, 1.807) is 6.20 Å². The van der Waals surface area contributed by atoms with Crippen LogP contribution in [0.25, 0.3) is 0 Å². The van der Waals surface area contributed by atoms with Gasteiger partial charge in [-0.2, -0.15) is 0 Å². The van der Waals surface area contributed by atoms with Crippen molar-refractivity contribution >= 4 is 17.6 Å². The van der Waals surface area contributed by atoms with Crippen LogP contribution in [-0.4, -0.2) is 41.5 Å². The Labute approximate surface area is 217 Å². The lowest BCUT2D eigenvalue weighted by Crippen LogP contribution is -2.50. The first-order chi connectivity index (χ1) is 18.1. The van der Waals surface area contributed by atoms with E-state index in [1.807, 2.05) is 61.5 Å². The van der Waals surface area contributed by atoms with Crippen molar-refractivity contribution in [1.82, 2.24) is 15.6 Å². The highest BCUT2D eigenvalue weighted by atomic mass is 16.5. The number of carbonyl (C=O) groups is 2. The molecule has 7 nitrogen and oxygen atoms in total. The highest BCUT2D eigenvalue weighted by Gasteiger charge is 2.42. The lowest BCUT2D eigenvalue weighted by Gasteiger charge is -2.40. The fraction of sp³-hybridized carbons (Fsp3) is 0.367. The fourth-order valence-corrected chi connectivity index (χ4v) is 6.14. The number of amides is 2. The SMILES string of the molecule is Cc1c(C(=O)NC2CC3CCC(C2)N3c2ccc(C(=O)NCc3ccccc3)cn2)ccc2c1OCC2. The quantitative estimate of drug-likeness (QED) is 0.535. The van der Waals surface area contributed by atoms with Crippen LogP contribution >= 0.6 is 0 Å². The third kappa shape index (κ3) is 4.66. The van der Waals surface area contributed by atoms with Gasteiger partial charge in [0, 0.05) is 48.4 Å². The second-order valence-corrected chi connectivity index (χ2v) is 10.3. The summed E-state index contributed by atoms with van der Waals surface area (Å²) in [6.45, 7) is 3.15. The van der Waals surface area contributed by atoms with E-state index in [2.05, 4.69) is 20.5 Å². The van der Waals surface area contributed by atoms with Gasteiger partial charge in [0.2, 0.25) is 0 Å². The third-order valence-corrected chi connectivity index (χ3v) is 7.99. The molecule has 2 amide bonds. The van der Waals surface area contributed by atoms with Gasteiger partial charge in [-0.3, -0.25) is 9.59 Å². The highest BCUT2D eigenvalue weighted by Crippen LogP contribution is 2.39. The molecule has 3 aliphatic heterocycles. The number of rotatable bonds is 6. The minimum atomic E-state index is -0.125. The molecular formula is C30H32N4O3. The summed E-state index contributed by atoms with van der Waals surface area (Å²) >= 11 is 0. The summed E-state index contributed by atoms with van der Waals surface area (Å²) in [7, 11) is 0. The molecule has 2 N–H and O–H groups in total. The molecule has 2 bridgehead atoms. The van der Waals surface area contributed by atoms with Crippen molar-refractivity contribution in [2.24, 2.45) is 0 Å². The monoisotopic (exact) mass is 496 g/mol. The molecule has 2 atom stereocenters. The van der Waals surface area contributed by atoms with Crippen molar-refractivity contribution in [2.45, 2.75) is 63.7 Å². The number of nitrogens with zero attached hydrogens (tertiary/aromatic N) is 2. The van der Waals surface area contributed by atoms with Gasteiger partial charge in [-0.1, -0.05) is 36.4 Å². The molecule has 2 aromatic carbocycles. The maximum Gasteiger partial charge on any atom is 0.253 e. The Bertz CT molecular complexity index is 1290. The van der Waals surface area contributed by atoms with Crippen LogP contribution in [0.15, 0.2) is 60.8 Å². The van der Waals surface area contributed by atoms with Crippen LogP contribution in [-0.2, 0) is 13.0 Å². The van der Waals surface area contributed by atoms with Crippen molar-refractivity contribution in [3.63, 3.8) is 0 Å². The molecule has 37 heavy (non-hydrogen) atoms. The summed E-state index contributed by atoms with van der Waals surface area (Å²) < 4.78 is 5.76. The molecule has 0 spiro atoms. The number of hydrogen-bond donors (Lipinski definition) is 2. The van der Waals surface area contributed by atoms with E-state index in [4.69, 9.17) is 4.74 Å². The van der Waals surface area contributed by atoms with Crippen molar-refractivity contribution in [3.05, 3.63) is 88.6 Å². The largest absolute Gasteiger partial charge is 0.493 e. The van der Waals surface area contributed by atoms with Crippen LogP contribution in [0.5, 0.6) is 5.75 Å². The zero-order valence-corrected chi connectivity index (χ0v) is 21.1. The van der Waals surface area contributed by atoms with E-state index in [9.17, 15) is 9.59 Å². The zero-order chi connectivity index (χ0) is 25.4. The van der Waals surface area contributed by atoms with E-state index >= 15 is 0 Å². The van der Waals surface area contributed by atoms with Crippen LogP contribution < -0.4 is 20.3 Å². The molecule has 0 aliphatic carbocycles. The Morgan fingerprint density at radius 2 is 1.78 bits per heavy atom. The Kier molecular flexibility index (Phi) is 6.28. The van der Waals surface area contributed by atoms with Crippen LogP contribution in [0.1, 0.15) is 63.1 Å². The molecule has 4 heterocycles. The highest BCUT2D eigenvalue weighted by molar-refractivity contribution is 5.96. The molecule has 2 fully saturated rings. The van der Waals surface area contributed by atoms with Gasteiger partial charge in [-0.05, 0) is 61.9 Å². The van der Waals surface area contributed by atoms with E-state index < -0.39 is 0 Å². The minimum Gasteiger partial charge on any atom is -0.493 e. The Balaban J connectivity index is 1.08. The molecule has 190 valence electrons. The second kappa shape index (κ2) is 9.88. The first-order valence-corrected chi connectivity index (χ1v) is 13.2. The number of anilines is 1. The number of piperidine rings is 1. The van der Waals surface area contributed by atoms with E-state index in [1.165, 1.54) is 5.56 Å². The zero-order valence-electron chi connectivity index (χ0n) is 21.1. The summed E-state index contributed by atoms with van der Waals surface area (Å²) in [6.07, 6.45) is 6.54. The van der Waals surface area contributed by atoms with Gasteiger partial charge in [0.15, 0.2) is 0 Å². The topological polar surface area (TPSA) is 83.6 Å². The average molecular weight is 497 g/mol. The predicted molar refractivity (Wildman–Crippen MR) is 142 cm³/mol. The van der Waals surface area contributed by atoms with Gasteiger partial charge in [-0.25, -0.2) is 4.98 Å². The molecule has 2 unspecified atom stereocenters. The number of nitrogens with one attached hydrogen (secondary N) is 2. The number of benzene rings is 2. The molecule has 1 aromatic heterocycles. The van der Waals surface area contributed by atoms with Gasteiger partial charge < -0.3 is 20.3 Å². The molecule has 7 heteroatoms. The normalized spacial score (nSPS) is 21.8. The molecule has 3 aliphatic rings. The van der Waals surface area contributed by atoms with Crippen molar-refractivity contribution in [3.8, 4) is 5.75 Å². The smallest absolute Gasteiger partial charge is 0.253 e. The molecule has 2 saturated heterocycles. The van der Waals surface area contributed by atoms with Crippen LogP contribution in [0.4, 0.5) is 5.82 Å². The van der Waals surface area contributed by atoms with E-state index in [0.29, 0.717) is 36.4 Å². The molecule has 0 saturated carbocycles. The van der Waals surface area contributed by atoms with Crippen molar-refractivity contribution < 1.29 is 14.3 Å². The van der Waals surface area contributed by atoms with Gasteiger partial charge in [0.1, 0.15) is 11.6 Å². The van der Waals surface area contributed by atoms with Crippen LogP contribution in [0.3, 0.4) is 0 Å². The van der Waals surface area contributed by atoms with Crippen molar-refractivity contribution in [2.75, 3.05) is 11.5 Å². The summed E-state index contributed by atoms with van der Waals surface area (Å²) in [5.41, 5.74) is 4.45. The predicted octanol–water partition coefficient (Wildman–Crippen LogP) is 4.18. The Morgan fingerprint density at radius 3 is 2.51 bits per heavy atom. The third-order valence-electron chi connectivity index (χ3n) is 7.99. The van der Waals surface area contributed by atoms with E-state index in [-0.39, 0.29) is 17.9 Å². The second-order valence-electron chi connectivity index (χ2n) is 10.3. The van der Waals surface area contributed by atoms with E-state index in [0.717, 1.165) is 54.8 Å². The number of ether oxygens (including phenoxy) is 1. The lowest BCUT2D eigenvalue weighted by molar-refractivity contribution is 0.0923. The van der Waals surface area contributed by atoms with Crippen molar-refractivity contribution in [1.29, 1.82) is 0 Å². The lowest BCUT2D eigenvalue weighted by atomic mass is 9.96. The molecule has 3 aromatic rings. The maximum absolute atomic E-state index is 13.1. The fourth-order valence-electron chi connectivity index (χ4n) is 6.14. The van der Waals surface area contributed by atoms with Crippen LogP contribution in [0.2, 0.25) is 0 Å². The van der Waals surface area contributed by atoms with Gasteiger partial charge in [-0.15, -0.1) is 0 Å². The van der Waals surface area contributed by atoms with Gasteiger partial charge in [0.05, 0.1) is 12.2 Å². The van der Waals surface area contributed by atoms with Gasteiger partial charge >= 0.3 is 0 Å². The molecular weight excluding hydrogens is 464 g/mol. The molecule has 6 rings (SSSR count). The Morgan fingerprint density at radius 1 is 1.00 bits per heavy atom. The minimum absolute atomic E-state index is 0.0161. The summed E-state index contributed by atoms with van der Waals surface area (Å²) in [6, 6.07) is 18.4. The standard InChI is InChI=1S/C30H32N4O3/c1-19-26(11-7-21-13-14-37-28(19)21)30(36)33-23-15-24-9-10-25(16-23)34(24)27-12-8-22(18-31-27)29(35)32-17-20-5-3-2-4-6-20/h2-8,11-12,18,23-25H,9-10,13-17H2,1H3,(H,32,35)(H,33,36). The first-order valence-electron chi connectivity index (χ1n) is 13.2. The number of aromatic nitrogens is 1. The number of carbonyl (C=O) groups excluding carboxylic acids is 2. The Hall–Kier alpha value is -3.87. The summed E-state index contributed by atoms with van der Waals surface area (Å²) in [5, 5.41) is 6.26. The van der Waals surface area contributed by atoms with Crippen LogP contribution in [0, 0.1) is 6.92 Å².